The minimum atomic E-state index is 0.667. The van der Waals surface area contributed by atoms with Crippen molar-refractivity contribution in [1.29, 1.82) is 0 Å². The number of hydrogen-bond acceptors (Lipinski definition) is 2. The van der Waals surface area contributed by atoms with Crippen LogP contribution in [0.4, 0.5) is 0 Å². The van der Waals surface area contributed by atoms with Gasteiger partial charge < -0.3 is 5.32 Å². The molecule has 2 aromatic rings. The molecule has 1 fully saturated rings. The van der Waals surface area contributed by atoms with Crippen molar-refractivity contribution in [3.05, 3.63) is 60.4 Å². The summed E-state index contributed by atoms with van der Waals surface area (Å²) in [5, 5.41) is 3.59. The molecule has 2 nitrogen and oxygen atoms in total. The summed E-state index contributed by atoms with van der Waals surface area (Å²) >= 11 is 0. The third-order valence-corrected chi connectivity index (χ3v) is 4.38. The van der Waals surface area contributed by atoms with E-state index in [9.17, 15) is 0 Å². The molecule has 1 aliphatic carbocycles. The van der Waals surface area contributed by atoms with E-state index in [1.807, 2.05) is 18.5 Å². The summed E-state index contributed by atoms with van der Waals surface area (Å²) in [7, 11) is 0. The van der Waals surface area contributed by atoms with E-state index in [2.05, 4.69) is 46.7 Å². The van der Waals surface area contributed by atoms with Gasteiger partial charge >= 0.3 is 0 Å². The van der Waals surface area contributed by atoms with E-state index in [-0.39, 0.29) is 0 Å². The van der Waals surface area contributed by atoms with Gasteiger partial charge in [-0.1, -0.05) is 36.4 Å². The third kappa shape index (κ3) is 2.16. The summed E-state index contributed by atoms with van der Waals surface area (Å²) in [4.78, 5) is 4.45. The highest BCUT2D eigenvalue weighted by Gasteiger charge is 2.28. The van der Waals surface area contributed by atoms with E-state index in [0.29, 0.717) is 12.0 Å². The maximum absolute atomic E-state index is 4.45. The topological polar surface area (TPSA) is 24.9 Å². The lowest BCUT2D eigenvalue weighted by molar-refractivity contribution is 0.596. The van der Waals surface area contributed by atoms with E-state index in [1.54, 1.807) is 0 Å². The van der Waals surface area contributed by atoms with E-state index in [0.717, 1.165) is 13.0 Å². The fourth-order valence-electron chi connectivity index (χ4n) is 3.37. The molecule has 1 aliphatic heterocycles. The number of nitrogens with one attached hydrogen (secondary N) is 1. The highest BCUT2D eigenvalue weighted by molar-refractivity contribution is 5.72. The first-order valence-electron chi connectivity index (χ1n) is 7.33. The van der Waals surface area contributed by atoms with Crippen LogP contribution in [0.3, 0.4) is 0 Å². The van der Waals surface area contributed by atoms with E-state index in [4.69, 9.17) is 0 Å². The summed E-state index contributed by atoms with van der Waals surface area (Å²) < 4.78 is 0. The molecule has 4 rings (SSSR count). The second-order valence-electron chi connectivity index (χ2n) is 5.83. The van der Waals surface area contributed by atoms with Crippen LogP contribution in [0.5, 0.6) is 0 Å². The number of benzene rings is 1. The Morgan fingerprint density at radius 2 is 1.85 bits per heavy atom. The molecule has 1 aromatic carbocycles. The molecule has 2 heterocycles. The molecular weight excluding hydrogens is 244 g/mol. The van der Waals surface area contributed by atoms with Crippen LogP contribution in [0.15, 0.2) is 54.9 Å². The standard InChI is InChI=1S/C18H18N2/c1-2-4-14(5-3-1)16-8-17(12-19-11-16)15-6-13-7-18(9-15)20-10-13/h1-6,8,11-13,18,20H,7,9-10H2. The normalized spacial score (nSPS) is 24.5. The van der Waals surface area contributed by atoms with E-state index >= 15 is 0 Å². The largest absolute Gasteiger partial charge is 0.313 e. The maximum Gasteiger partial charge on any atom is 0.0346 e. The Hall–Kier alpha value is -1.93. The van der Waals surface area contributed by atoms with Crippen molar-refractivity contribution < 1.29 is 0 Å². The van der Waals surface area contributed by atoms with Gasteiger partial charge in [0.25, 0.3) is 0 Å². The molecule has 2 bridgehead atoms. The van der Waals surface area contributed by atoms with Crippen LogP contribution in [0.2, 0.25) is 0 Å². The first-order valence-corrected chi connectivity index (χ1v) is 7.33. The molecule has 0 saturated carbocycles. The zero-order valence-electron chi connectivity index (χ0n) is 11.4. The summed E-state index contributed by atoms with van der Waals surface area (Å²) in [6, 6.07) is 13.4. The van der Waals surface area contributed by atoms with Gasteiger partial charge in [-0.25, -0.2) is 0 Å². The van der Waals surface area contributed by atoms with Crippen LogP contribution in [0.25, 0.3) is 16.7 Å². The first kappa shape index (κ1) is 11.9. The lowest BCUT2D eigenvalue weighted by Crippen LogP contribution is -2.21. The molecule has 100 valence electrons. The number of rotatable bonds is 2. The molecule has 2 unspecified atom stereocenters. The lowest BCUT2D eigenvalue weighted by Gasteiger charge is -2.19. The average molecular weight is 262 g/mol. The quantitative estimate of drug-likeness (QED) is 0.895. The third-order valence-electron chi connectivity index (χ3n) is 4.38. The SMILES string of the molecule is C1=C(c2cncc(-c3ccccc3)c2)CC2CC1CN2. The van der Waals surface area contributed by atoms with Gasteiger partial charge in [-0.2, -0.15) is 0 Å². The zero-order chi connectivity index (χ0) is 13.4. The van der Waals surface area contributed by atoms with Gasteiger partial charge in [0.15, 0.2) is 0 Å². The van der Waals surface area contributed by atoms with Gasteiger partial charge in [0.05, 0.1) is 0 Å². The van der Waals surface area contributed by atoms with Crippen LogP contribution in [-0.4, -0.2) is 17.6 Å². The maximum atomic E-state index is 4.45. The van der Waals surface area contributed by atoms with Gasteiger partial charge in [-0.05, 0) is 41.5 Å². The minimum Gasteiger partial charge on any atom is -0.313 e. The second-order valence-corrected chi connectivity index (χ2v) is 5.83. The predicted molar refractivity (Wildman–Crippen MR) is 82.2 cm³/mol. The summed E-state index contributed by atoms with van der Waals surface area (Å²) in [6.45, 7) is 1.14. The van der Waals surface area contributed by atoms with Gasteiger partial charge in [-0.15, -0.1) is 0 Å². The fourth-order valence-corrected chi connectivity index (χ4v) is 3.37. The smallest absolute Gasteiger partial charge is 0.0346 e. The molecule has 2 aliphatic rings. The number of pyridine rings is 1. The molecule has 2 atom stereocenters. The monoisotopic (exact) mass is 262 g/mol. The van der Waals surface area contributed by atoms with Crippen LogP contribution >= 0.6 is 0 Å². The Labute approximate surface area is 119 Å². The van der Waals surface area contributed by atoms with E-state index < -0.39 is 0 Å². The molecule has 0 spiro atoms. The van der Waals surface area contributed by atoms with Crippen molar-refractivity contribution >= 4 is 5.57 Å². The fraction of sp³-hybridized carbons (Fsp3) is 0.278. The Morgan fingerprint density at radius 1 is 1.00 bits per heavy atom. The molecule has 20 heavy (non-hydrogen) atoms. The molecule has 0 radical (unpaired) electrons. The van der Waals surface area contributed by atoms with Crippen molar-refractivity contribution in [1.82, 2.24) is 10.3 Å². The minimum absolute atomic E-state index is 0.667. The van der Waals surface area contributed by atoms with Crippen LogP contribution in [-0.2, 0) is 0 Å². The Kier molecular flexibility index (Phi) is 2.89. The zero-order valence-corrected chi connectivity index (χ0v) is 11.4. The van der Waals surface area contributed by atoms with Crippen LogP contribution < -0.4 is 5.32 Å². The highest BCUT2D eigenvalue weighted by atomic mass is 15.0. The molecule has 0 amide bonds. The Balaban J connectivity index is 1.70. The molecule has 1 saturated heterocycles. The molecular formula is C18H18N2. The van der Waals surface area contributed by atoms with Gasteiger partial charge in [-0.3, -0.25) is 4.98 Å². The summed E-state index contributed by atoms with van der Waals surface area (Å²) in [5.74, 6) is 0.712. The van der Waals surface area contributed by atoms with Crippen molar-refractivity contribution in [2.75, 3.05) is 6.54 Å². The number of nitrogens with zero attached hydrogens (tertiary/aromatic N) is 1. The van der Waals surface area contributed by atoms with E-state index in [1.165, 1.54) is 28.7 Å². The number of aromatic nitrogens is 1. The average Bonchev–Trinajstić information content (AvgIpc) is 2.86. The summed E-state index contributed by atoms with van der Waals surface area (Å²) in [5.41, 5.74) is 5.18. The number of fused-ring (bicyclic) bond motifs is 2. The lowest BCUT2D eigenvalue weighted by atomic mass is 9.87. The first-order chi connectivity index (χ1) is 9.88. The predicted octanol–water partition coefficient (Wildman–Crippen LogP) is 3.51. The van der Waals surface area contributed by atoms with Crippen LogP contribution in [0.1, 0.15) is 18.4 Å². The van der Waals surface area contributed by atoms with Crippen molar-refractivity contribution in [3.63, 3.8) is 0 Å². The van der Waals surface area contributed by atoms with Crippen molar-refractivity contribution in [2.45, 2.75) is 18.9 Å². The van der Waals surface area contributed by atoms with Crippen molar-refractivity contribution in [3.8, 4) is 11.1 Å². The highest BCUT2D eigenvalue weighted by Crippen LogP contribution is 2.34. The van der Waals surface area contributed by atoms with Gasteiger partial charge in [0.1, 0.15) is 0 Å². The summed E-state index contributed by atoms with van der Waals surface area (Å²) in [6.07, 6.45) is 8.84. The van der Waals surface area contributed by atoms with Crippen molar-refractivity contribution in [2.24, 2.45) is 5.92 Å². The van der Waals surface area contributed by atoms with Gasteiger partial charge in [0.2, 0.25) is 0 Å². The Bertz CT molecular complexity index is 645. The number of hydrogen-bond donors (Lipinski definition) is 1. The van der Waals surface area contributed by atoms with Gasteiger partial charge in [0, 0.05) is 30.5 Å². The Morgan fingerprint density at radius 3 is 2.70 bits per heavy atom. The molecule has 1 aromatic heterocycles. The second kappa shape index (κ2) is 4.88. The molecule has 2 heteroatoms. The molecule has 1 N–H and O–H groups in total. The van der Waals surface area contributed by atoms with Crippen LogP contribution in [0, 0.1) is 5.92 Å².